The number of hydrogen-bond acceptors (Lipinski definition) is 4. The molecule has 0 unspecified atom stereocenters. The van der Waals surface area contributed by atoms with Gasteiger partial charge in [0.1, 0.15) is 0 Å². The smallest absolute Gasteiger partial charge is 0.187 e. The summed E-state index contributed by atoms with van der Waals surface area (Å²) in [5, 5.41) is 0. The summed E-state index contributed by atoms with van der Waals surface area (Å²) in [4.78, 5) is 31.5. The van der Waals surface area contributed by atoms with E-state index in [-0.39, 0.29) is 29.1 Å². The summed E-state index contributed by atoms with van der Waals surface area (Å²) < 4.78 is 0. The first-order valence-corrected chi connectivity index (χ1v) is 8.75. The van der Waals surface area contributed by atoms with E-state index in [0.717, 1.165) is 24.3 Å². The predicted octanol–water partition coefficient (Wildman–Crippen LogP) is 4.36. The van der Waals surface area contributed by atoms with Gasteiger partial charge in [-0.15, -0.1) is 0 Å². The minimum absolute atomic E-state index is 0.0682. The fraction of sp³-hybridized carbons (Fsp3) is 0.550. The molecule has 0 fully saturated rings. The average Bonchev–Trinajstić information content (AvgIpc) is 2.53. The number of rotatable bonds is 8. The number of carbonyl (C=O) groups is 2. The summed E-state index contributed by atoms with van der Waals surface area (Å²) in [7, 11) is 0. The quantitative estimate of drug-likeness (QED) is 0.525. The third-order valence-corrected chi connectivity index (χ3v) is 4.06. The molecule has 1 aromatic carbocycles. The number of hydrogen-bond donors (Lipinski definition) is 0. The van der Waals surface area contributed by atoms with Gasteiger partial charge in [0.05, 0.1) is 5.69 Å². The van der Waals surface area contributed by atoms with Crippen LogP contribution in [0, 0.1) is 18.8 Å². The molecule has 0 spiro atoms. The number of aryl methyl sites for hydroxylation is 1. The maximum Gasteiger partial charge on any atom is 0.187 e. The van der Waals surface area contributed by atoms with Gasteiger partial charge in [0.2, 0.25) is 0 Å². The van der Waals surface area contributed by atoms with Gasteiger partial charge in [0, 0.05) is 30.6 Å². The van der Waals surface area contributed by atoms with E-state index in [0.29, 0.717) is 5.69 Å². The molecule has 1 rings (SSSR count). The van der Waals surface area contributed by atoms with Gasteiger partial charge in [0.15, 0.2) is 17.3 Å². The molecule has 0 N–H and O–H groups in total. The van der Waals surface area contributed by atoms with Crippen molar-refractivity contribution in [2.24, 2.45) is 16.8 Å². The van der Waals surface area contributed by atoms with Crippen molar-refractivity contribution in [3.8, 4) is 0 Å². The van der Waals surface area contributed by atoms with E-state index in [1.165, 1.54) is 0 Å². The number of aliphatic imine (C=N–C) groups is 1. The number of carbonyl (C=O) groups excluding carboxylic acids is 2. The first-order valence-electron chi connectivity index (χ1n) is 8.75. The first kappa shape index (κ1) is 20.1. The Morgan fingerprint density at radius 3 is 1.88 bits per heavy atom. The Balaban J connectivity index is 3.32. The van der Waals surface area contributed by atoms with Crippen molar-refractivity contribution in [3.63, 3.8) is 0 Å². The Morgan fingerprint density at radius 2 is 1.50 bits per heavy atom. The van der Waals surface area contributed by atoms with E-state index in [1.807, 2.05) is 19.1 Å². The van der Waals surface area contributed by atoms with Gasteiger partial charge < -0.3 is 4.90 Å². The van der Waals surface area contributed by atoms with Crippen molar-refractivity contribution in [1.82, 2.24) is 0 Å². The molecule has 132 valence electrons. The predicted molar refractivity (Wildman–Crippen MR) is 102 cm³/mol. The van der Waals surface area contributed by atoms with Gasteiger partial charge in [-0.25, -0.2) is 4.99 Å². The molecule has 0 bridgehead atoms. The Bertz CT molecular complexity index is 605. The van der Waals surface area contributed by atoms with E-state index in [1.54, 1.807) is 27.7 Å². The van der Waals surface area contributed by atoms with Gasteiger partial charge in [-0.2, -0.15) is 0 Å². The highest BCUT2D eigenvalue weighted by Gasteiger charge is 2.25. The van der Waals surface area contributed by atoms with Crippen LogP contribution in [0.2, 0.25) is 0 Å². The lowest BCUT2D eigenvalue weighted by Crippen LogP contribution is -2.31. The van der Waals surface area contributed by atoms with Crippen LogP contribution in [0.4, 0.5) is 11.4 Å². The van der Waals surface area contributed by atoms with E-state index < -0.39 is 0 Å². The standard InChI is InChI=1S/C20H30N2O2/c1-8-22(9-2)16-10-11-17(15(7)12-16)21-18(19(23)13(3)4)20(24)14(5)6/h10-14H,8-9H2,1-7H3. The van der Waals surface area contributed by atoms with Crippen molar-refractivity contribution >= 4 is 28.7 Å². The van der Waals surface area contributed by atoms with Gasteiger partial charge in [-0.05, 0) is 44.5 Å². The zero-order valence-corrected chi connectivity index (χ0v) is 16.0. The van der Waals surface area contributed by atoms with Crippen molar-refractivity contribution in [2.45, 2.75) is 48.5 Å². The molecule has 0 saturated carbocycles. The normalized spacial score (nSPS) is 10.9. The van der Waals surface area contributed by atoms with Crippen LogP contribution in [0.3, 0.4) is 0 Å². The molecule has 0 aliphatic heterocycles. The molecule has 1 aromatic rings. The fourth-order valence-corrected chi connectivity index (χ4v) is 2.45. The molecule has 0 atom stereocenters. The molecular weight excluding hydrogens is 300 g/mol. The van der Waals surface area contributed by atoms with Crippen LogP contribution in [0.5, 0.6) is 0 Å². The largest absolute Gasteiger partial charge is 0.372 e. The van der Waals surface area contributed by atoms with Crippen molar-refractivity contribution in [2.75, 3.05) is 18.0 Å². The Labute approximate surface area is 146 Å². The van der Waals surface area contributed by atoms with Gasteiger partial charge >= 0.3 is 0 Å². The highest BCUT2D eigenvalue weighted by atomic mass is 16.2. The van der Waals surface area contributed by atoms with Crippen LogP contribution < -0.4 is 4.90 Å². The lowest BCUT2D eigenvalue weighted by molar-refractivity contribution is -0.119. The molecule has 4 heteroatoms. The Morgan fingerprint density at radius 1 is 1.00 bits per heavy atom. The van der Waals surface area contributed by atoms with Crippen LogP contribution >= 0.6 is 0 Å². The number of ketones is 2. The second-order valence-corrected chi connectivity index (χ2v) is 6.64. The third kappa shape index (κ3) is 4.76. The molecule has 0 aliphatic rings. The van der Waals surface area contributed by atoms with Crippen LogP contribution in [-0.4, -0.2) is 30.4 Å². The van der Waals surface area contributed by atoms with Crippen LogP contribution in [-0.2, 0) is 9.59 Å². The van der Waals surface area contributed by atoms with Crippen LogP contribution in [0.1, 0.15) is 47.1 Å². The van der Waals surface area contributed by atoms with E-state index in [2.05, 4.69) is 29.8 Å². The van der Waals surface area contributed by atoms with Crippen molar-refractivity contribution in [1.29, 1.82) is 0 Å². The SMILES string of the molecule is CCN(CC)c1ccc(N=C(C(=O)C(C)C)C(=O)C(C)C)c(C)c1. The molecule has 0 heterocycles. The third-order valence-electron chi connectivity index (χ3n) is 4.06. The molecule has 0 radical (unpaired) electrons. The summed E-state index contributed by atoms with van der Waals surface area (Å²) in [6, 6.07) is 5.95. The second kappa shape index (κ2) is 8.76. The maximum atomic E-state index is 12.4. The highest BCUT2D eigenvalue weighted by molar-refractivity contribution is 6.67. The minimum Gasteiger partial charge on any atom is -0.372 e. The zero-order chi connectivity index (χ0) is 18.4. The van der Waals surface area contributed by atoms with Crippen LogP contribution in [0.15, 0.2) is 23.2 Å². The molecular formula is C20H30N2O2. The minimum atomic E-state index is -0.248. The molecule has 24 heavy (non-hydrogen) atoms. The molecule has 0 amide bonds. The number of benzene rings is 1. The highest BCUT2D eigenvalue weighted by Crippen LogP contribution is 2.25. The molecule has 0 saturated heterocycles. The maximum absolute atomic E-state index is 12.4. The molecule has 0 aromatic heterocycles. The second-order valence-electron chi connectivity index (χ2n) is 6.64. The van der Waals surface area contributed by atoms with Crippen molar-refractivity contribution < 1.29 is 9.59 Å². The zero-order valence-electron chi connectivity index (χ0n) is 16.0. The summed E-state index contributed by atoms with van der Waals surface area (Å²) in [5.74, 6) is -0.884. The number of anilines is 1. The van der Waals surface area contributed by atoms with E-state index in [9.17, 15) is 9.59 Å². The number of Topliss-reactive ketones (excluding diaryl/α,β-unsaturated/α-hetero) is 2. The lowest BCUT2D eigenvalue weighted by Gasteiger charge is -2.21. The fourth-order valence-electron chi connectivity index (χ4n) is 2.45. The van der Waals surface area contributed by atoms with E-state index in [4.69, 9.17) is 0 Å². The topological polar surface area (TPSA) is 49.7 Å². The number of nitrogens with zero attached hydrogens (tertiary/aromatic N) is 2. The first-order chi connectivity index (χ1) is 11.2. The Hall–Kier alpha value is -1.97. The summed E-state index contributed by atoms with van der Waals surface area (Å²) >= 11 is 0. The monoisotopic (exact) mass is 330 g/mol. The molecule has 4 nitrogen and oxygen atoms in total. The summed E-state index contributed by atoms with van der Waals surface area (Å²) in [5.41, 5.74) is 2.84. The lowest BCUT2D eigenvalue weighted by atomic mass is 9.95. The van der Waals surface area contributed by atoms with Gasteiger partial charge in [-0.3, -0.25) is 9.59 Å². The van der Waals surface area contributed by atoms with Gasteiger partial charge in [-0.1, -0.05) is 27.7 Å². The van der Waals surface area contributed by atoms with Gasteiger partial charge in [0.25, 0.3) is 0 Å². The molecule has 0 aliphatic carbocycles. The van der Waals surface area contributed by atoms with E-state index >= 15 is 0 Å². The summed E-state index contributed by atoms with van der Waals surface area (Å²) in [6.45, 7) is 15.2. The van der Waals surface area contributed by atoms with Crippen LogP contribution in [0.25, 0.3) is 0 Å². The Kier molecular flexibility index (Phi) is 7.33. The van der Waals surface area contributed by atoms with Crippen molar-refractivity contribution in [3.05, 3.63) is 23.8 Å². The summed E-state index contributed by atoms with van der Waals surface area (Å²) in [6.07, 6.45) is 0. The average molecular weight is 330 g/mol.